The molecule has 1 aromatic heterocycles. The van der Waals surface area contributed by atoms with Crippen LogP contribution in [0.1, 0.15) is 31.2 Å². The highest BCUT2D eigenvalue weighted by molar-refractivity contribution is 5.83. The fourth-order valence-corrected chi connectivity index (χ4v) is 4.54. The van der Waals surface area contributed by atoms with Gasteiger partial charge in [0.25, 0.3) is 0 Å². The number of fused-ring (bicyclic) bond motifs is 2. The predicted octanol–water partition coefficient (Wildman–Crippen LogP) is 4.54. The number of hydrogen-bond acceptors (Lipinski definition) is 4. The number of nitrogens with zero attached hydrogens (tertiary/aromatic N) is 2. The molecule has 1 spiro atoms. The molecule has 1 amide bonds. The van der Waals surface area contributed by atoms with Crippen molar-refractivity contribution in [1.29, 1.82) is 0 Å². The third-order valence-corrected chi connectivity index (χ3v) is 6.53. The van der Waals surface area contributed by atoms with Crippen molar-refractivity contribution < 1.29 is 14.3 Å². The van der Waals surface area contributed by atoms with Gasteiger partial charge in [0.1, 0.15) is 5.75 Å². The zero-order valence-corrected chi connectivity index (χ0v) is 16.8. The van der Waals surface area contributed by atoms with Crippen LogP contribution in [0.2, 0.25) is 0 Å². The molecule has 1 saturated carbocycles. The summed E-state index contributed by atoms with van der Waals surface area (Å²) in [7, 11) is 0. The van der Waals surface area contributed by atoms with Crippen molar-refractivity contribution in [3.05, 3.63) is 60.3 Å². The number of amides is 1. The van der Waals surface area contributed by atoms with Gasteiger partial charge in [-0.25, -0.2) is 0 Å². The van der Waals surface area contributed by atoms with Crippen molar-refractivity contribution >= 4 is 16.8 Å². The van der Waals surface area contributed by atoms with Crippen molar-refractivity contribution in [3.8, 4) is 16.9 Å². The van der Waals surface area contributed by atoms with Gasteiger partial charge in [-0.1, -0.05) is 24.3 Å². The van der Waals surface area contributed by atoms with Crippen LogP contribution in [0.3, 0.4) is 0 Å². The van der Waals surface area contributed by atoms with Crippen LogP contribution < -0.4 is 4.74 Å². The lowest BCUT2D eigenvalue weighted by molar-refractivity contribution is -0.227. The Morgan fingerprint density at radius 3 is 2.70 bits per heavy atom. The molecule has 0 radical (unpaired) electrons. The Bertz CT molecular complexity index is 1130. The molecule has 0 N–H and O–H groups in total. The summed E-state index contributed by atoms with van der Waals surface area (Å²) in [6.07, 6.45) is 5.47. The molecule has 0 unspecified atom stereocenters. The molecule has 6 rings (SSSR count). The van der Waals surface area contributed by atoms with Gasteiger partial charge in [-0.15, -0.1) is 0 Å². The summed E-state index contributed by atoms with van der Waals surface area (Å²) in [6, 6.07) is 16.6. The Labute approximate surface area is 175 Å². The molecule has 1 aliphatic carbocycles. The zero-order chi connectivity index (χ0) is 20.1. The molecule has 2 aromatic carbocycles. The minimum atomic E-state index is -0.598. The van der Waals surface area contributed by atoms with Gasteiger partial charge in [0.2, 0.25) is 11.7 Å². The number of hydrogen-bond donors (Lipinski definition) is 0. The van der Waals surface area contributed by atoms with E-state index in [1.165, 1.54) is 0 Å². The van der Waals surface area contributed by atoms with Crippen molar-refractivity contribution in [1.82, 2.24) is 9.88 Å². The summed E-state index contributed by atoms with van der Waals surface area (Å²) in [6.45, 7) is 1.96. The van der Waals surface area contributed by atoms with E-state index in [0.717, 1.165) is 59.0 Å². The Morgan fingerprint density at radius 2 is 1.87 bits per heavy atom. The van der Waals surface area contributed by atoms with Crippen molar-refractivity contribution in [2.45, 2.75) is 38.1 Å². The Morgan fingerprint density at radius 1 is 1.03 bits per heavy atom. The van der Waals surface area contributed by atoms with Gasteiger partial charge in [-0.2, -0.15) is 0 Å². The van der Waals surface area contributed by atoms with Gasteiger partial charge in [0.15, 0.2) is 0 Å². The summed E-state index contributed by atoms with van der Waals surface area (Å²) in [5.74, 6) is 0.880. The monoisotopic (exact) mass is 400 g/mol. The van der Waals surface area contributed by atoms with Crippen molar-refractivity contribution in [3.63, 3.8) is 0 Å². The first-order chi connectivity index (χ1) is 14.7. The first-order valence-electron chi connectivity index (χ1n) is 10.8. The topological polar surface area (TPSA) is 51.7 Å². The number of rotatable bonds is 2. The van der Waals surface area contributed by atoms with E-state index in [1.807, 2.05) is 35.4 Å². The molecule has 2 aliphatic heterocycles. The number of carbonyl (C=O) groups is 1. The quantitative estimate of drug-likeness (QED) is 0.634. The van der Waals surface area contributed by atoms with Crippen LogP contribution in [0.4, 0.5) is 0 Å². The number of pyridine rings is 1. The molecular weight excluding hydrogens is 376 g/mol. The summed E-state index contributed by atoms with van der Waals surface area (Å²) in [5, 5.41) is 1.13. The van der Waals surface area contributed by atoms with E-state index in [-0.39, 0.29) is 5.92 Å². The van der Waals surface area contributed by atoms with E-state index in [0.29, 0.717) is 25.6 Å². The molecule has 1 saturated heterocycles. The normalized spacial score (nSPS) is 20.1. The fraction of sp³-hybridized carbons (Fsp3) is 0.360. The predicted molar refractivity (Wildman–Crippen MR) is 114 cm³/mol. The lowest BCUT2D eigenvalue weighted by Crippen LogP contribution is -2.52. The Balaban J connectivity index is 1.21. The standard InChI is InChI=1S/C25H24N2O3/c28-24(17-5-6-17)27-11-9-25(10-12-27)29-16-21-13-18(7-8-23(21)30-25)20-14-19-3-1-2-4-22(19)26-15-20/h1-4,7-8,13-15,17H,5-6,9-12,16H2. The lowest BCUT2D eigenvalue weighted by Gasteiger charge is -2.44. The second-order valence-electron chi connectivity index (χ2n) is 8.64. The zero-order valence-electron chi connectivity index (χ0n) is 16.8. The molecule has 3 aliphatic rings. The highest BCUT2D eigenvalue weighted by atomic mass is 16.7. The number of carbonyl (C=O) groups excluding carboxylic acids is 1. The maximum Gasteiger partial charge on any atom is 0.225 e. The molecule has 0 bridgehead atoms. The highest BCUT2D eigenvalue weighted by Gasteiger charge is 2.43. The molecule has 0 atom stereocenters. The minimum Gasteiger partial charge on any atom is -0.462 e. The van der Waals surface area contributed by atoms with Crippen molar-refractivity contribution in [2.24, 2.45) is 5.92 Å². The number of ether oxygens (including phenoxy) is 2. The van der Waals surface area contributed by atoms with Gasteiger partial charge in [0.05, 0.1) is 12.1 Å². The van der Waals surface area contributed by atoms with Crippen LogP contribution in [0.5, 0.6) is 5.75 Å². The van der Waals surface area contributed by atoms with E-state index in [9.17, 15) is 4.79 Å². The molecular formula is C25H24N2O3. The Kier molecular flexibility index (Phi) is 4.06. The summed E-state index contributed by atoms with van der Waals surface area (Å²) >= 11 is 0. The maximum atomic E-state index is 12.3. The molecule has 5 nitrogen and oxygen atoms in total. The highest BCUT2D eigenvalue weighted by Crippen LogP contribution is 2.40. The van der Waals surface area contributed by atoms with Gasteiger partial charge < -0.3 is 14.4 Å². The van der Waals surface area contributed by atoms with Gasteiger partial charge >= 0.3 is 0 Å². The average molecular weight is 400 g/mol. The second kappa shape index (κ2) is 6.81. The smallest absolute Gasteiger partial charge is 0.225 e. The molecule has 30 heavy (non-hydrogen) atoms. The van der Waals surface area contributed by atoms with Gasteiger partial charge in [-0.05, 0) is 42.7 Å². The van der Waals surface area contributed by atoms with Crippen LogP contribution in [0, 0.1) is 5.92 Å². The molecule has 2 fully saturated rings. The number of aromatic nitrogens is 1. The van der Waals surface area contributed by atoms with Gasteiger partial charge in [0, 0.05) is 54.6 Å². The van der Waals surface area contributed by atoms with Crippen LogP contribution in [-0.2, 0) is 16.1 Å². The number of benzene rings is 2. The SMILES string of the molecule is O=C(C1CC1)N1CCC2(CC1)OCc1cc(-c3cnc4ccccc4c3)ccc1O2. The second-order valence-corrected chi connectivity index (χ2v) is 8.64. The third-order valence-electron chi connectivity index (χ3n) is 6.53. The van der Waals surface area contributed by atoms with Crippen LogP contribution in [0.15, 0.2) is 54.7 Å². The van der Waals surface area contributed by atoms with E-state index in [1.54, 1.807) is 0 Å². The van der Waals surface area contributed by atoms with Crippen LogP contribution >= 0.6 is 0 Å². The van der Waals surface area contributed by atoms with Crippen molar-refractivity contribution in [2.75, 3.05) is 13.1 Å². The average Bonchev–Trinajstić information content (AvgIpc) is 3.64. The van der Waals surface area contributed by atoms with E-state index >= 15 is 0 Å². The Hall–Kier alpha value is -2.92. The first-order valence-corrected chi connectivity index (χ1v) is 10.8. The summed E-state index contributed by atoms with van der Waals surface area (Å²) in [5.41, 5.74) is 4.26. The van der Waals surface area contributed by atoms with E-state index < -0.39 is 5.79 Å². The number of piperidine rings is 1. The minimum absolute atomic E-state index is 0.274. The van der Waals surface area contributed by atoms with E-state index in [2.05, 4.69) is 29.2 Å². The molecule has 152 valence electrons. The molecule has 3 heterocycles. The summed E-state index contributed by atoms with van der Waals surface area (Å²) in [4.78, 5) is 18.9. The van der Waals surface area contributed by atoms with Crippen LogP contribution in [0.25, 0.3) is 22.0 Å². The summed E-state index contributed by atoms with van der Waals surface area (Å²) < 4.78 is 12.6. The van der Waals surface area contributed by atoms with E-state index in [4.69, 9.17) is 9.47 Å². The molecule has 5 heteroatoms. The lowest BCUT2D eigenvalue weighted by atomic mass is 9.99. The largest absolute Gasteiger partial charge is 0.462 e. The third kappa shape index (κ3) is 3.14. The first kappa shape index (κ1) is 17.9. The van der Waals surface area contributed by atoms with Gasteiger partial charge in [-0.3, -0.25) is 9.78 Å². The van der Waals surface area contributed by atoms with Crippen LogP contribution in [-0.4, -0.2) is 34.7 Å². The molecule has 3 aromatic rings. The maximum absolute atomic E-state index is 12.3. The number of para-hydroxylation sites is 1. The number of likely N-dealkylation sites (tertiary alicyclic amines) is 1. The fourth-order valence-electron chi connectivity index (χ4n) is 4.54.